The van der Waals surface area contributed by atoms with E-state index in [4.69, 9.17) is 20.2 Å². The summed E-state index contributed by atoms with van der Waals surface area (Å²) in [5.74, 6) is 1.55. The number of fused-ring (bicyclic) bond motifs is 1. The minimum atomic E-state index is 0.646. The van der Waals surface area contributed by atoms with Crippen LogP contribution >= 0.6 is 0 Å². The van der Waals surface area contributed by atoms with Crippen LogP contribution in [0.2, 0.25) is 0 Å². The van der Waals surface area contributed by atoms with Gasteiger partial charge in [0.15, 0.2) is 0 Å². The summed E-state index contributed by atoms with van der Waals surface area (Å²) in [4.78, 5) is 9.39. The average Bonchev–Trinajstić information content (AvgIpc) is 3.26. The molecule has 7 heteroatoms. The fourth-order valence-electron chi connectivity index (χ4n) is 3.38. The molecule has 4 rings (SSSR count). The zero-order valence-corrected chi connectivity index (χ0v) is 17.2. The van der Waals surface area contributed by atoms with Crippen LogP contribution < -0.4 is 15.2 Å². The molecule has 0 fully saturated rings. The minimum Gasteiger partial charge on any atom is -0.497 e. The molecule has 2 N–H and O–H groups in total. The molecule has 0 saturated heterocycles. The maximum absolute atomic E-state index is 5.58. The maximum atomic E-state index is 5.58. The van der Waals surface area contributed by atoms with E-state index in [9.17, 15) is 0 Å². The number of hydrogen-bond donors (Lipinski definition) is 1. The van der Waals surface area contributed by atoms with Crippen LogP contribution in [0.25, 0.3) is 22.3 Å². The number of benzene rings is 2. The first kappa shape index (κ1) is 19.8. The van der Waals surface area contributed by atoms with Crippen LogP contribution in [0.1, 0.15) is 17.5 Å². The molecule has 2 aromatic carbocycles. The van der Waals surface area contributed by atoms with E-state index in [0.717, 1.165) is 64.3 Å². The van der Waals surface area contributed by atoms with Gasteiger partial charge in [-0.15, -0.1) is 0 Å². The van der Waals surface area contributed by atoms with Gasteiger partial charge in [-0.25, -0.2) is 4.98 Å². The van der Waals surface area contributed by atoms with Gasteiger partial charge in [-0.1, -0.05) is 6.07 Å². The van der Waals surface area contributed by atoms with Crippen LogP contribution in [0.15, 0.2) is 55.0 Å². The third-order valence-electron chi connectivity index (χ3n) is 4.95. The SMILES string of the molecule is COc1cc(Cc2ccc3ncc(-c4cnn(CCCN)c4)nc3c2)cc(OC)c1. The van der Waals surface area contributed by atoms with Gasteiger partial charge >= 0.3 is 0 Å². The lowest BCUT2D eigenvalue weighted by atomic mass is 10.0. The second kappa shape index (κ2) is 8.92. The number of ether oxygens (including phenoxy) is 2. The van der Waals surface area contributed by atoms with E-state index >= 15 is 0 Å². The Hall–Kier alpha value is -3.45. The molecular weight excluding hydrogens is 378 g/mol. The van der Waals surface area contributed by atoms with Crippen LogP contribution in [0.5, 0.6) is 11.5 Å². The van der Waals surface area contributed by atoms with E-state index < -0.39 is 0 Å². The first-order valence-electron chi connectivity index (χ1n) is 9.89. The zero-order valence-electron chi connectivity index (χ0n) is 17.2. The largest absolute Gasteiger partial charge is 0.497 e. The summed E-state index contributed by atoms with van der Waals surface area (Å²) in [6.45, 7) is 1.44. The zero-order chi connectivity index (χ0) is 20.9. The Morgan fingerprint density at radius 3 is 2.47 bits per heavy atom. The minimum absolute atomic E-state index is 0.646. The van der Waals surface area contributed by atoms with Crippen molar-refractivity contribution in [2.45, 2.75) is 19.4 Å². The number of nitrogens with two attached hydrogens (primary N) is 1. The number of aryl methyl sites for hydroxylation is 1. The number of aromatic nitrogens is 4. The highest BCUT2D eigenvalue weighted by Crippen LogP contribution is 2.25. The van der Waals surface area contributed by atoms with Gasteiger partial charge in [-0.05, 0) is 54.8 Å². The summed E-state index contributed by atoms with van der Waals surface area (Å²) in [7, 11) is 3.31. The number of nitrogens with zero attached hydrogens (tertiary/aromatic N) is 4. The van der Waals surface area contributed by atoms with Gasteiger partial charge in [0.25, 0.3) is 0 Å². The summed E-state index contributed by atoms with van der Waals surface area (Å²) in [5.41, 5.74) is 11.3. The highest BCUT2D eigenvalue weighted by Gasteiger charge is 2.08. The number of hydrogen-bond acceptors (Lipinski definition) is 6. The summed E-state index contributed by atoms with van der Waals surface area (Å²) in [6.07, 6.45) is 7.23. The van der Waals surface area contributed by atoms with Crippen molar-refractivity contribution in [3.63, 3.8) is 0 Å². The first-order chi connectivity index (χ1) is 14.7. The molecule has 2 aromatic heterocycles. The molecule has 0 amide bonds. The summed E-state index contributed by atoms with van der Waals surface area (Å²) < 4.78 is 12.6. The van der Waals surface area contributed by atoms with Crippen LogP contribution in [-0.2, 0) is 13.0 Å². The van der Waals surface area contributed by atoms with Gasteiger partial charge in [0.05, 0.1) is 43.3 Å². The molecule has 0 saturated carbocycles. The lowest BCUT2D eigenvalue weighted by Crippen LogP contribution is -2.05. The molecule has 0 aliphatic carbocycles. The molecular formula is C23H25N5O2. The fourth-order valence-corrected chi connectivity index (χ4v) is 3.38. The average molecular weight is 403 g/mol. The van der Waals surface area contributed by atoms with Crippen molar-refractivity contribution in [1.82, 2.24) is 19.7 Å². The Kier molecular flexibility index (Phi) is 5.90. The molecule has 4 aromatic rings. The van der Waals surface area contributed by atoms with Crippen molar-refractivity contribution < 1.29 is 9.47 Å². The van der Waals surface area contributed by atoms with Crippen molar-refractivity contribution in [2.75, 3.05) is 20.8 Å². The van der Waals surface area contributed by atoms with E-state index in [0.29, 0.717) is 6.54 Å². The summed E-state index contributed by atoms with van der Waals surface area (Å²) >= 11 is 0. The number of rotatable bonds is 8. The third-order valence-corrected chi connectivity index (χ3v) is 4.95. The predicted octanol–water partition coefficient (Wildman–Crippen LogP) is 3.45. The third kappa shape index (κ3) is 4.41. The first-order valence-corrected chi connectivity index (χ1v) is 9.89. The molecule has 0 spiro atoms. The maximum Gasteiger partial charge on any atom is 0.122 e. The lowest BCUT2D eigenvalue weighted by molar-refractivity contribution is 0.393. The van der Waals surface area contributed by atoms with Gasteiger partial charge in [0, 0.05) is 24.4 Å². The topological polar surface area (TPSA) is 88.1 Å². The molecule has 0 aliphatic heterocycles. The van der Waals surface area contributed by atoms with Gasteiger partial charge in [0.1, 0.15) is 11.5 Å². The lowest BCUT2D eigenvalue weighted by Gasteiger charge is -2.09. The molecule has 0 radical (unpaired) electrons. The molecule has 2 heterocycles. The summed E-state index contributed by atoms with van der Waals surface area (Å²) in [5, 5.41) is 4.39. The van der Waals surface area contributed by atoms with Crippen molar-refractivity contribution in [3.8, 4) is 22.8 Å². The van der Waals surface area contributed by atoms with Gasteiger partial charge < -0.3 is 15.2 Å². The van der Waals surface area contributed by atoms with Gasteiger partial charge in [-0.3, -0.25) is 9.67 Å². The second-order valence-corrected chi connectivity index (χ2v) is 7.11. The summed E-state index contributed by atoms with van der Waals surface area (Å²) in [6, 6.07) is 12.1. The molecule has 0 aliphatic rings. The van der Waals surface area contributed by atoms with Crippen LogP contribution in [0, 0.1) is 0 Å². The monoisotopic (exact) mass is 403 g/mol. The molecule has 0 bridgehead atoms. The van der Waals surface area contributed by atoms with Crippen molar-refractivity contribution >= 4 is 11.0 Å². The molecule has 7 nitrogen and oxygen atoms in total. The normalized spacial score (nSPS) is 11.0. The Bertz CT molecular complexity index is 1130. The van der Waals surface area contributed by atoms with Crippen molar-refractivity contribution in [3.05, 3.63) is 66.1 Å². The Morgan fingerprint density at radius 1 is 0.933 bits per heavy atom. The smallest absolute Gasteiger partial charge is 0.122 e. The van der Waals surface area contributed by atoms with Crippen LogP contribution in [-0.4, -0.2) is 40.5 Å². The van der Waals surface area contributed by atoms with E-state index in [-0.39, 0.29) is 0 Å². The predicted molar refractivity (Wildman–Crippen MR) is 117 cm³/mol. The van der Waals surface area contributed by atoms with Gasteiger partial charge in [0.2, 0.25) is 0 Å². The van der Waals surface area contributed by atoms with E-state index in [2.05, 4.69) is 22.2 Å². The van der Waals surface area contributed by atoms with Crippen LogP contribution in [0.4, 0.5) is 0 Å². The molecule has 0 unspecified atom stereocenters. The van der Waals surface area contributed by atoms with Crippen molar-refractivity contribution in [2.24, 2.45) is 5.73 Å². The van der Waals surface area contributed by atoms with E-state index in [1.165, 1.54) is 0 Å². The highest BCUT2D eigenvalue weighted by molar-refractivity contribution is 5.77. The van der Waals surface area contributed by atoms with Gasteiger partial charge in [-0.2, -0.15) is 5.10 Å². The standard InChI is InChI=1S/C23H25N5O2/c1-29-19-9-17(10-20(12-19)30-2)8-16-4-5-21-22(11-16)27-23(14-25-21)18-13-26-28(15-18)7-3-6-24/h4-5,9-15H,3,6-8,24H2,1-2H3. The van der Waals surface area contributed by atoms with E-state index in [1.807, 2.05) is 41.3 Å². The second-order valence-electron chi connectivity index (χ2n) is 7.11. The van der Waals surface area contributed by atoms with E-state index in [1.54, 1.807) is 20.4 Å². The van der Waals surface area contributed by atoms with Crippen LogP contribution in [0.3, 0.4) is 0 Å². The Balaban J connectivity index is 1.61. The fraction of sp³-hybridized carbons (Fsp3) is 0.261. The molecule has 0 atom stereocenters. The Labute approximate surface area is 175 Å². The Morgan fingerprint density at radius 2 is 1.73 bits per heavy atom. The highest BCUT2D eigenvalue weighted by atomic mass is 16.5. The molecule has 154 valence electrons. The van der Waals surface area contributed by atoms with Crippen molar-refractivity contribution in [1.29, 1.82) is 0 Å². The molecule has 30 heavy (non-hydrogen) atoms. The quantitative estimate of drug-likeness (QED) is 0.485. The number of methoxy groups -OCH3 is 2.